The number of aromatic carboxylic acids is 4. The van der Waals surface area contributed by atoms with Gasteiger partial charge in [-0.25, -0.2) is 19.2 Å². The van der Waals surface area contributed by atoms with Gasteiger partial charge in [0, 0.05) is 0 Å². The first kappa shape index (κ1) is 16.4. The lowest BCUT2D eigenvalue weighted by Gasteiger charge is -2.13. The van der Waals surface area contributed by atoms with E-state index in [0.29, 0.717) is 6.07 Å². The third-order valence-corrected chi connectivity index (χ3v) is 2.35. The van der Waals surface area contributed by atoms with Gasteiger partial charge in [-0.3, -0.25) is 0 Å². The van der Waals surface area contributed by atoms with E-state index in [2.05, 4.69) is 4.84 Å². The minimum absolute atomic E-state index is 0.360. The number of nitrogens with zero attached hydrogens (tertiary/aromatic N) is 1. The number of nitrogens with one attached hydrogen (secondary N) is 1. The molecule has 1 aromatic carbocycles. The molecule has 0 atom stereocenters. The maximum atomic E-state index is 11.1. The van der Waals surface area contributed by atoms with Crippen LogP contribution in [-0.2, 0) is 0 Å². The first-order chi connectivity index (χ1) is 10.2. The van der Waals surface area contributed by atoms with Crippen molar-refractivity contribution in [2.75, 3.05) is 0 Å². The average Bonchev–Trinajstić information content (AvgIpc) is 2.42. The van der Waals surface area contributed by atoms with E-state index in [1.165, 1.54) is 5.59 Å². The van der Waals surface area contributed by atoms with Crippen LogP contribution in [0.3, 0.4) is 0 Å². The van der Waals surface area contributed by atoms with Gasteiger partial charge in [-0.2, -0.15) is 0 Å². The van der Waals surface area contributed by atoms with Crippen LogP contribution in [0.4, 0.5) is 0 Å². The van der Waals surface area contributed by atoms with Crippen molar-refractivity contribution in [2.24, 2.45) is 5.29 Å². The summed E-state index contributed by atoms with van der Waals surface area (Å²) in [6, 6.07) is 0.360. The second-order valence-corrected chi connectivity index (χ2v) is 3.56. The molecule has 0 fully saturated rings. The van der Waals surface area contributed by atoms with Gasteiger partial charge in [0.2, 0.25) is 0 Å². The van der Waals surface area contributed by atoms with E-state index < -0.39 is 51.9 Å². The number of carboxylic acids is 4. The molecule has 0 saturated heterocycles. The lowest BCUT2D eigenvalue weighted by atomic mass is 9.96. The third kappa shape index (κ3) is 2.90. The maximum absolute atomic E-state index is 11.1. The number of rotatable bonds is 7. The normalized spacial score (nSPS) is 9.64. The van der Waals surface area contributed by atoms with Gasteiger partial charge < -0.3 is 25.3 Å². The molecule has 12 nitrogen and oxygen atoms in total. The molecule has 116 valence electrons. The Labute approximate surface area is 119 Å². The first-order valence-corrected chi connectivity index (χ1v) is 5.10. The van der Waals surface area contributed by atoms with Crippen LogP contribution < -0.4 is 10.4 Å². The predicted octanol–water partition coefficient (Wildman–Crippen LogP) is 0.0442. The van der Waals surface area contributed by atoms with Crippen LogP contribution in [0.2, 0.25) is 0 Å². The summed E-state index contributed by atoms with van der Waals surface area (Å²) >= 11 is 0. The van der Waals surface area contributed by atoms with Crippen molar-refractivity contribution in [3.63, 3.8) is 0 Å². The molecule has 22 heavy (non-hydrogen) atoms. The van der Waals surface area contributed by atoms with Crippen LogP contribution in [0.5, 0.6) is 5.75 Å². The molecule has 0 radical (unpaired) electrons. The van der Waals surface area contributed by atoms with Crippen molar-refractivity contribution in [2.45, 2.75) is 0 Å². The Balaban J connectivity index is 3.94. The lowest BCUT2D eigenvalue weighted by Crippen LogP contribution is -2.22. The SMILES string of the molecule is O=NNOc1c(C(=O)O)c(C(=O)O)cc(C(=O)O)c1C(=O)O. The van der Waals surface area contributed by atoms with Crippen molar-refractivity contribution in [1.82, 2.24) is 5.59 Å². The summed E-state index contributed by atoms with van der Waals surface area (Å²) in [6.07, 6.45) is 0. The molecule has 1 aromatic rings. The van der Waals surface area contributed by atoms with Gasteiger partial charge in [-0.1, -0.05) is 0 Å². The molecule has 0 saturated carbocycles. The van der Waals surface area contributed by atoms with Gasteiger partial charge in [0.15, 0.2) is 5.75 Å². The second kappa shape index (κ2) is 6.17. The van der Waals surface area contributed by atoms with Crippen LogP contribution in [0.15, 0.2) is 11.4 Å². The molecule has 0 spiro atoms. The van der Waals surface area contributed by atoms with Crippen molar-refractivity contribution >= 4 is 23.9 Å². The summed E-state index contributed by atoms with van der Waals surface area (Å²) in [7, 11) is 0. The highest BCUT2D eigenvalue weighted by Crippen LogP contribution is 2.31. The average molecular weight is 314 g/mol. The number of hydrogen-bond acceptors (Lipinski definition) is 7. The van der Waals surface area contributed by atoms with Gasteiger partial charge in [0.05, 0.1) is 16.4 Å². The summed E-state index contributed by atoms with van der Waals surface area (Å²) in [5.41, 5.74) is -3.17. The van der Waals surface area contributed by atoms with E-state index in [1.54, 1.807) is 0 Å². The zero-order valence-corrected chi connectivity index (χ0v) is 10.3. The van der Waals surface area contributed by atoms with Gasteiger partial charge in [-0.05, 0) is 6.07 Å². The number of carboxylic acid groups (broad SMARTS) is 4. The Kier molecular flexibility index (Phi) is 4.58. The second-order valence-electron chi connectivity index (χ2n) is 3.56. The monoisotopic (exact) mass is 314 g/mol. The summed E-state index contributed by atoms with van der Waals surface area (Å²) in [5.74, 6) is -8.71. The predicted molar refractivity (Wildman–Crippen MR) is 63.8 cm³/mol. The maximum Gasteiger partial charge on any atom is 0.340 e. The van der Waals surface area contributed by atoms with Crippen molar-refractivity contribution in [3.05, 3.63) is 33.2 Å². The minimum Gasteiger partial charge on any atom is -0.478 e. The Hall–Kier alpha value is -3.70. The fourth-order valence-electron chi connectivity index (χ4n) is 1.59. The smallest absolute Gasteiger partial charge is 0.340 e. The molecular weight excluding hydrogens is 308 g/mol. The molecule has 12 heteroatoms. The minimum atomic E-state index is -1.92. The van der Waals surface area contributed by atoms with E-state index in [0.717, 1.165) is 0 Å². The topological polar surface area (TPSA) is 200 Å². The van der Waals surface area contributed by atoms with Gasteiger partial charge in [0.25, 0.3) is 0 Å². The molecule has 0 aliphatic rings. The number of carbonyl (C=O) groups is 4. The molecule has 0 unspecified atom stereocenters. The van der Waals surface area contributed by atoms with Crippen LogP contribution in [-0.4, -0.2) is 44.3 Å². The molecule has 0 aliphatic carbocycles. The zero-order valence-electron chi connectivity index (χ0n) is 10.3. The van der Waals surface area contributed by atoms with Gasteiger partial charge in [-0.15, -0.1) is 10.5 Å². The number of nitroso groups, excluding NO2 is 1. The highest BCUT2D eigenvalue weighted by Gasteiger charge is 2.33. The van der Waals surface area contributed by atoms with Crippen molar-refractivity contribution in [3.8, 4) is 5.75 Å². The van der Waals surface area contributed by atoms with Crippen LogP contribution >= 0.6 is 0 Å². The Morgan fingerprint density at radius 3 is 1.55 bits per heavy atom. The lowest BCUT2D eigenvalue weighted by molar-refractivity contribution is 0.0621. The highest BCUT2D eigenvalue weighted by atomic mass is 16.7. The van der Waals surface area contributed by atoms with Crippen molar-refractivity contribution < 1.29 is 44.4 Å². The molecule has 0 aromatic heterocycles. The Bertz CT molecular complexity index is 645. The summed E-state index contributed by atoms with van der Waals surface area (Å²) < 4.78 is 0. The molecule has 0 aliphatic heterocycles. The zero-order chi connectivity index (χ0) is 17.0. The van der Waals surface area contributed by atoms with E-state index in [4.69, 9.17) is 20.4 Å². The largest absolute Gasteiger partial charge is 0.478 e. The van der Waals surface area contributed by atoms with Crippen LogP contribution in [0.1, 0.15) is 41.4 Å². The number of hydrogen-bond donors (Lipinski definition) is 5. The van der Waals surface area contributed by atoms with Gasteiger partial charge in [0.1, 0.15) is 11.1 Å². The van der Waals surface area contributed by atoms with E-state index >= 15 is 0 Å². The van der Waals surface area contributed by atoms with Gasteiger partial charge >= 0.3 is 23.9 Å². The highest BCUT2D eigenvalue weighted by molar-refractivity contribution is 6.12. The molecule has 0 heterocycles. The third-order valence-electron chi connectivity index (χ3n) is 2.35. The van der Waals surface area contributed by atoms with Crippen LogP contribution in [0.25, 0.3) is 0 Å². The fourth-order valence-corrected chi connectivity index (χ4v) is 1.59. The molecule has 5 N–H and O–H groups in total. The standard InChI is InChI=1S/C10H6N2O10/c13-7(14)2-1-3(8(15)16)5(10(19)20)6(22-12-11-21)4(2)9(17)18/h1H,(H,12,21)(H,13,14)(H,15,16)(H,17,18)(H,19,20). The molecule has 0 bridgehead atoms. The van der Waals surface area contributed by atoms with E-state index in [9.17, 15) is 24.1 Å². The quantitative estimate of drug-likeness (QED) is 0.336. The molecular formula is C10H6N2O10. The number of benzene rings is 1. The molecule has 0 amide bonds. The van der Waals surface area contributed by atoms with Crippen molar-refractivity contribution in [1.29, 1.82) is 0 Å². The fraction of sp³-hybridized carbons (Fsp3) is 0. The first-order valence-electron chi connectivity index (χ1n) is 5.10. The summed E-state index contributed by atoms with van der Waals surface area (Å²) in [5, 5.41) is 37.9. The van der Waals surface area contributed by atoms with E-state index in [1.807, 2.05) is 5.29 Å². The summed E-state index contributed by atoms with van der Waals surface area (Å²) in [4.78, 5) is 58.6. The summed E-state index contributed by atoms with van der Waals surface area (Å²) in [6.45, 7) is 0. The van der Waals surface area contributed by atoms with E-state index in [-0.39, 0.29) is 0 Å². The Morgan fingerprint density at radius 2 is 1.27 bits per heavy atom. The van der Waals surface area contributed by atoms with Crippen LogP contribution in [0, 0.1) is 4.91 Å². The Morgan fingerprint density at radius 1 is 0.864 bits per heavy atom. The molecule has 1 rings (SSSR count).